The molecule has 6 heteroatoms. The second kappa shape index (κ2) is 6.60. The number of nitrogens with one attached hydrogen (secondary N) is 1. The van der Waals surface area contributed by atoms with E-state index >= 15 is 0 Å². The third-order valence-electron chi connectivity index (χ3n) is 3.43. The molecule has 1 heterocycles. The van der Waals surface area contributed by atoms with Gasteiger partial charge in [-0.25, -0.2) is 4.98 Å². The van der Waals surface area contributed by atoms with E-state index in [0.29, 0.717) is 21.7 Å². The summed E-state index contributed by atoms with van der Waals surface area (Å²) in [5.41, 5.74) is 1.87. The highest BCUT2D eigenvalue weighted by molar-refractivity contribution is 6.30. The highest BCUT2D eigenvalue weighted by Gasteiger charge is 2.15. The monoisotopic (exact) mass is 347 g/mol. The Kier molecular flexibility index (Phi) is 4.55. The predicted octanol–water partition coefficient (Wildman–Crippen LogP) is 5.23. The van der Waals surface area contributed by atoms with E-state index in [-0.39, 0.29) is 6.10 Å². The lowest BCUT2D eigenvalue weighted by atomic mass is 10.2. The Bertz CT molecular complexity index is 815. The lowest BCUT2D eigenvalue weighted by Gasteiger charge is -2.14. The number of rotatable bonds is 4. The zero-order valence-corrected chi connectivity index (χ0v) is 14.2. The van der Waals surface area contributed by atoms with Gasteiger partial charge in [-0.15, -0.1) is 0 Å². The van der Waals surface area contributed by atoms with E-state index in [1.165, 1.54) is 0 Å². The van der Waals surface area contributed by atoms with E-state index in [1.807, 2.05) is 50.2 Å². The highest BCUT2D eigenvalue weighted by Crippen LogP contribution is 2.27. The minimum absolute atomic E-state index is 0.261. The molecule has 0 aliphatic rings. The summed E-state index contributed by atoms with van der Waals surface area (Å²) in [7, 11) is 0. The van der Waals surface area contributed by atoms with E-state index in [9.17, 15) is 0 Å². The van der Waals surface area contributed by atoms with Gasteiger partial charge < -0.3 is 4.74 Å². The average molecular weight is 348 g/mol. The van der Waals surface area contributed by atoms with Crippen LogP contribution in [0.4, 0.5) is 0 Å². The fourth-order valence-corrected chi connectivity index (χ4v) is 2.53. The van der Waals surface area contributed by atoms with E-state index in [1.54, 1.807) is 6.07 Å². The number of hydrogen-bond donors (Lipinski definition) is 1. The van der Waals surface area contributed by atoms with Crippen LogP contribution in [-0.4, -0.2) is 15.2 Å². The first-order valence-electron chi connectivity index (χ1n) is 7.14. The van der Waals surface area contributed by atoms with Gasteiger partial charge in [0.2, 0.25) is 0 Å². The van der Waals surface area contributed by atoms with Crippen molar-refractivity contribution in [2.24, 2.45) is 0 Å². The number of hydrogen-bond acceptors (Lipinski definition) is 3. The van der Waals surface area contributed by atoms with Gasteiger partial charge in [-0.2, -0.15) is 5.10 Å². The number of H-pyrrole nitrogens is 1. The summed E-state index contributed by atoms with van der Waals surface area (Å²) in [6.45, 7) is 3.87. The van der Waals surface area contributed by atoms with Gasteiger partial charge in [-0.3, -0.25) is 5.10 Å². The van der Waals surface area contributed by atoms with Crippen molar-refractivity contribution < 1.29 is 4.74 Å². The molecule has 0 radical (unpaired) electrons. The van der Waals surface area contributed by atoms with Gasteiger partial charge in [0.05, 0.1) is 0 Å². The molecule has 0 spiro atoms. The maximum absolute atomic E-state index is 5.96. The zero-order valence-electron chi connectivity index (χ0n) is 12.7. The highest BCUT2D eigenvalue weighted by atomic mass is 35.5. The number of ether oxygens (including phenoxy) is 1. The molecule has 1 unspecified atom stereocenters. The smallest absolute Gasteiger partial charge is 0.181 e. The third kappa shape index (κ3) is 3.66. The molecule has 1 aromatic heterocycles. The summed E-state index contributed by atoms with van der Waals surface area (Å²) in [6.07, 6.45) is -0.261. The molecule has 3 rings (SSSR count). The van der Waals surface area contributed by atoms with Crippen molar-refractivity contribution in [3.05, 3.63) is 63.9 Å². The van der Waals surface area contributed by atoms with Gasteiger partial charge in [-0.1, -0.05) is 23.2 Å². The fraction of sp³-hybridized carbons (Fsp3) is 0.176. The molecule has 3 aromatic rings. The van der Waals surface area contributed by atoms with E-state index < -0.39 is 0 Å². The number of benzene rings is 2. The Morgan fingerprint density at radius 2 is 1.74 bits per heavy atom. The molecule has 0 bridgehead atoms. The molecule has 4 nitrogen and oxygen atoms in total. The molecule has 1 N–H and O–H groups in total. The first kappa shape index (κ1) is 15.8. The van der Waals surface area contributed by atoms with Crippen molar-refractivity contribution in [1.29, 1.82) is 0 Å². The topological polar surface area (TPSA) is 50.8 Å². The Morgan fingerprint density at radius 1 is 1.04 bits per heavy atom. The third-order valence-corrected chi connectivity index (χ3v) is 3.92. The molecular formula is C17H15Cl2N3O. The van der Waals surface area contributed by atoms with Gasteiger partial charge >= 0.3 is 0 Å². The Hall–Kier alpha value is -2.04. The van der Waals surface area contributed by atoms with Crippen LogP contribution in [0.25, 0.3) is 11.4 Å². The van der Waals surface area contributed by atoms with Crippen LogP contribution in [0, 0.1) is 6.92 Å². The maximum Gasteiger partial charge on any atom is 0.181 e. The largest absolute Gasteiger partial charge is 0.482 e. The van der Waals surface area contributed by atoms with Crippen molar-refractivity contribution in [3.8, 4) is 17.1 Å². The number of aromatic amines is 1. The Morgan fingerprint density at radius 3 is 2.43 bits per heavy atom. The summed E-state index contributed by atoms with van der Waals surface area (Å²) in [5, 5.41) is 8.53. The second-order valence-corrected chi connectivity index (χ2v) is 6.09. The van der Waals surface area contributed by atoms with E-state index in [0.717, 1.165) is 16.9 Å². The van der Waals surface area contributed by atoms with Crippen LogP contribution in [0.15, 0.2) is 42.5 Å². The molecule has 0 saturated heterocycles. The van der Waals surface area contributed by atoms with Gasteiger partial charge in [0.25, 0.3) is 0 Å². The Labute approximate surface area is 144 Å². The first-order chi connectivity index (χ1) is 11.0. The molecule has 1 atom stereocenters. The predicted molar refractivity (Wildman–Crippen MR) is 92.1 cm³/mol. The number of aromatic nitrogens is 3. The number of halogens is 2. The number of aryl methyl sites for hydroxylation is 1. The minimum Gasteiger partial charge on any atom is -0.482 e. The lowest BCUT2D eigenvalue weighted by molar-refractivity contribution is 0.215. The van der Waals surface area contributed by atoms with Crippen molar-refractivity contribution in [2.75, 3.05) is 0 Å². The molecule has 23 heavy (non-hydrogen) atoms. The normalized spacial score (nSPS) is 12.2. The van der Waals surface area contributed by atoms with E-state index in [2.05, 4.69) is 15.2 Å². The van der Waals surface area contributed by atoms with Gasteiger partial charge in [0.1, 0.15) is 5.75 Å². The fourth-order valence-electron chi connectivity index (χ4n) is 2.18. The van der Waals surface area contributed by atoms with Crippen LogP contribution in [0.2, 0.25) is 10.0 Å². The molecule has 0 amide bonds. The molecule has 118 valence electrons. The summed E-state index contributed by atoms with van der Waals surface area (Å²) in [4.78, 5) is 4.49. The van der Waals surface area contributed by atoms with Crippen LogP contribution in [0.5, 0.6) is 5.75 Å². The van der Waals surface area contributed by atoms with Gasteiger partial charge in [0, 0.05) is 15.6 Å². The summed E-state index contributed by atoms with van der Waals surface area (Å²) in [5.74, 6) is 2.04. The van der Waals surface area contributed by atoms with Crippen molar-refractivity contribution in [2.45, 2.75) is 20.0 Å². The SMILES string of the molecule is Cc1cc(Cl)ccc1OC(C)c1nc(-c2ccc(Cl)cc2)n[nH]1. The maximum atomic E-state index is 5.96. The molecule has 0 saturated carbocycles. The summed E-state index contributed by atoms with van der Waals surface area (Å²) in [6, 6.07) is 12.9. The zero-order chi connectivity index (χ0) is 16.4. The van der Waals surface area contributed by atoms with Gasteiger partial charge in [-0.05, 0) is 61.9 Å². The minimum atomic E-state index is -0.261. The molecule has 2 aromatic carbocycles. The van der Waals surface area contributed by atoms with Crippen LogP contribution >= 0.6 is 23.2 Å². The lowest BCUT2D eigenvalue weighted by Crippen LogP contribution is -2.06. The quantitative estimate of drug-likeness (QED) is 0.703. The Balaban J connectivity index is 1.78. The first-order valence-corrected chi connectivity index (χ1v) is 7.89. The van der Waals surface area contributed by atoms with E-state index in [4.69, 9.17) is 27.9 Å². The molecule has 0 aliphatic carbocycles. The van der Waals surface area contributed by atoms with Crippen LogP contribution in [0.3, 0.4) is 0 Å². The van der Waals surface area contributed by atoms with Crippen LogP contribution in [0.1, 0.15) is 24.4 Å². The standard InChI is InChI=1S/C17H15Cl2N3O/c1-10-9-14(19)7-8-15(10)23-11(2)16-20-17(22-21-16)12-3-5-13(18)6-4-12/h3-9,11H,1-2H3,(H,20,21,22). The van der Waals surface area contributed by atoms with Crippen molar-refractivity contribution in [3.63, 3.8) is 0 Å². The van der Waals surface area contributed by atoms with Crippen LogP contribution in [-0.2, 0) is 0 Å². The molecule has 0 fully saturated rings. The molecular weight excluding hydrogens is 333 g/mol. The average Bonchev–Trinajstić information content (AvgIpc) is 3.01. The van der Waals surface area contributed by atoms with Crippen molar-refractivity contribution in [1.82, 2.24) is 15.2 Å². The molecule has 0 aliphatic heterocycles. The van der Waals surface area contributed by atoms with Gasteiger partial charge in [0.15, 0.2) is 17.8 Å². The number of nitrogens with zero attached hydrogens (tertiary/aromatic N) is 2. The van der Waals surface area contributed by atoms with Crippen LogP contribution < -0.4 is 4.74 Å². The van der Waals surface area contributed by atoms with Crippen molar-refractivity contribution >= 4 is 23.2 Å². The second-order valence-electron chi connectivity index (χ2n) is 5.22. The summed E-state index contributed by atoms with van der Waals surface area (Å²) >= 11 is 11.9. The summed E-state index contributed by atoms with van der Waals surface area (Å²) < 4.78 is 5.94.